The Morgan fingerprint density at radius 3 is 1.51 bits per heavy atom. The van der Waals surface area contributed by atoms with Crippen LogP contribution in [0.3, 0.4) is 0 Å². The van der Waals surface area contributed by atoms with Crippen molar-refractivity contribution in [3.8, 4) is 39.1 Å². The fraction of sp³-hybridized carbons (Fsp3) is 0.0164. The zero-order valence-electron chi connectivity index (χ0n) is 34.6. The Hall–Kier alpha value is -8.20. The molecule has 1 heterocycles. The van der Waals surface area contributed by atoms with E-state index in [4.69, 9.17) is 0 Å². The van der Waals surface area contributed by atoms with Gasteiger partial charge in [0.25, 0.3) is 0 Å². The zero-order chi connectivity index (χ0) is 41.7. The summed E-state index contributed by atoms with van der Waals surface area (Å²) in [5, 5.41) is 2.50. The van der Waals surface area contributed by atoms with Crippen LogP contribution in [0.25, 0.3) is 60.9 Å². The number of nitrogens with zero attached hydrogens (tertiary/aromatic N) is 2. The summed E-state index contributed by atoms with van der Waals surface area (Å²) in [6.07, 6.45) is 0. The summed E-state index contributed by atoms with van der Waals surface area (Å²) in [6, 6.07) is 93.3. The van der Waals surface area contributed by atoms with Crippen LogP contribution in [0, 0.1) is 0 Å². The smallest absolute Gasteiger partial charge is 0.0714 e. The summed E-state index contributed by atoms with van der Waals surface area (Å²) in [5.74, 6) is 0. The predicted octanol–water partition coefficient (Wildman–Crippen LogP) is 16.0. The molecule has 12 rings (SSSR count). The Labute approximate surface area is 368 Å². The lowest BCUT2D eigenvalue weighted by Crippen LogP contribution is -2.28. The molecule has 0 fully saturated rings. The maximum atomic E-state index is 2.46. The minimum atomic E-state index is -0.517. The maximum Gasteiger partial charge on any atom is 0.0714 e. The fourth-order valence-electron chi connectivity index (χ4n) is 10.3. The van der Waals surface area contributed by atoms with Crippen LogP contribution < -0.4 is 4.90 Å². The standard InChI is InChI=1S/C61H42N2/c1-5-19-43(20-6-1)44-21-17-29-50(39-44)62(51-30-18-22-45(40-51)46-35-37-56-55-32-14-16-34-59(55)63(60(56)41-46)49-27-11-4-12-28-49)52-36-38-54-53-31-13-15-33-57(53)61(58(54)42-52,47-23-7-2-8-24-47)48-25-9-3-10-26-48/h1-42H. The molecule has 2 nitrogen and oxygen atoms in total. The first-order valence-electron chi connectivity index (χ1n) is 21.8. The zero-order valence-corrected chi connectivity index (χ0v) is 34.6. The van der Waals surface area contributed by atoms with Crippen molar-refractivity contribution in [2.24, 2.45) is 0 Å². The van der Waals surface area contributed by atoms with Gasteiger partial charge in [0.05, 0.1) is 16.4 Å². The van der Waals surface area contributed by atoms with E-state index in [1.54, 1.807) is 0 Å². The van der Waals surface area contributed by atoms with E-state index in [1.807, 2.05) is 0 Å². The third kappa shape index (κ3) is 5.95. The first-order valence-corrected chi connectivity index (χ1v) is 21.8. The molecule has 0 saturated carbocycles. The van der Waals surface area contributed by atoms with Crippen molar-refractivity contribution in [2.45, 2.75) is 5.41 Å². The van der Waals surface area contributed by atoms with Gasteiger partial charge in [-0.15, -0.1) is 0 Å². The maximum absolute atomic E-state index is 2.46. The molecule has 10 aromatic carbocycles. The monoisotopic (exact) mass is 802 g/mol. The highest BCUT2D eigenvalue weighted by molar-refractivity contribution is 6.10. The summed E-state index contributed by atoms with van der Waals surface area (Å²) in [6.45, 7) is 0. The largest absolute Gasteiger partial charge is 0.310 e. The van der Waals surface area contributed by atoms with Crippen LogP contribution in [-0.4, -0.2) is 4.57 Å². The van der Waals surface area contributed by atoms with Crippen LogP contribution in [0.2, 0.25) is 0 Å². The Kier molecular flexibility index (Phi) is 8.76. The van der Waals surface area contributed by atoms with Crippen LogP contribution in [-0.2, 0) is 5.41 Å². The second-order valence-corrected chi connectivity index (χ2v) is 16.5. The van der Waals surface area contributed by atoms with E-state index in [0.717, 1.165) is 28.3 Å². The third-order valence-corrected chi connectivity index (χ3v) is 13.0. The number of benzene rings is 10. The second kappa shape index (κ2) is 15.1. The van der Waals surface area contributed by atoms with Crippen molar-refractivity contribution in [3.05, 3.63) is 277 Å². The number of para-hydroxylation sites is 2. The van der Waals surface area contributed by atoms with Crippen molar-refractivity contribution >= 4 is 38.9 Å². The van der Waals surface area contributed by atoms with Crippen LogP contribution in [0.1, 0.15) is 22.3 Å². The van der Waals surface area contributed by atoms with Crippen molar-refractivity contribution in [2.75, 3.05) is 4.90 Å². The topological polar surface area (TPSA) is 8.17 Å². The molecule has 2 heteroatoms. The molecule has 1 aliphatic rings. The van der Waals surface area contributed by atoms with E-state index < -0.39 is 5.41 Å². The van der Waals surface area contributed by atoms with Gasteiger partial charge in [-0.3, -0.25) is 0 Å². The lowest BCUT2D eigenvalue weighted by Gasteiger charge is -2.35. The Bertz CT molecular complexity index is 3400. The molecule has 11 aromatic rings. The first kappa shape index (κ1) is 36.6. The number of hydrogen-bond donors (Lipinski definition) is 0. The molecule has 1 aromatic heterocycles. The van der Waals surface area contributed by atoms with Gasteiger partial charge < -0.3 is 9.47 Å². The van der Waals surface area contributed by atoms with Gasteiger partial charge in [0.15, 0.2) is 0 Å². The molecule has 0 radical (unpaired) electrons. The van der Waals surface area contributed by atoms with Gasteiger partial charge in [0, 0.05) is 33.5 Å². The van der Waals surface area contributed by atoms with Gasteiger partial charge in [-0.25, -0.2) is 0 Å². The molecular formula is C61H42N2. The van der Waals surface area contributed by atoms with Crippen LogP contribution in [0.15, 0.2) is 255 Å². The van der Waals surface area contributed by atoms with E-state index in [2.05, 4.69) is 264 Å². The minimum absolute atomic E-state index is 0.517. The highest BCUT2D eigenvalue weighted by Gasteiger charge is 2.46. The van der Waals surface area contributed by atoms with Crippen LogP contribution in [0.5, 0.6) is 0 Å². The van der Waals surface area contributed by atoms with Crippen molar-refractivity contribution in [1.29, 1.82) is 0 Å². The van der Waals surface area contributed by atoms with Crippen molar-refractivity contribution in [1.82, 2.24) is 4.57 Å². The first-order chi connectivity index (χ1) is 31.3. The molecule has 0 aliphatic heterocycles. The van der Waals surface area contributed by atoms with E-state index in [0.29, 0.717) is 0 Å². The minimum Gasteiger partial charge on any atom is -0.310 e. The summed E-state index contributed by atoms with van der Waals surface area (Å²) >= 11 is 0. The molecule has 296 valence electrons. The Morgan fingerprint density at radius 1 is 0.302 bits per heavy atom. The average Bonchev–Trinajstić information content (AvgIpc) is 3.85. The molecule has 0 unspecified atom stereocenters. The summed E-state index contributed by atoms with van der Waals surface area (Å²) in [5.41, 5.74) is 18.6. The molecule has 0 bridgehead atoms. The van der Waals surface area contributed by atoms with Crippen LogP contribution >= 0.6 is 0 Å². The molecule has 63 heavy (non-hydrogen) atoms. The summed E-state index contributed by atoms with van der Waals surface area (Å²) in [7, 11) is 0. The summed E-state index contributed by atoms with van der Waals surface area (Å²) < 4.78 is 2.40. The quantitative estimate of drug-likeness (QED) is 0.149. The van der Waals surface area contributed by atoms with Gasteiger partial charge in [-0.05, 0) is 116 Å². The molecule has 0 saturated heterocycles. The lowest BCUT2D eigenvalue weighted by atomic mass is 9.67. The fourth-order valence-corrected chi connectivity index (χ4v) is 10.3. The number of rotatable bonds is 8. The van der Waals surface area contributed by atoms with Gasteiger partial charge in [0.2, 0.25) is 0 Å². The molecule has 0 N–H and O–H groups in total. The third-order valence-electron chi connectivity index (χ3n) is 13.0. The molecule has 0 amide bonds. The van der Waals surface area contributed by atoms with Crippen molar-refractivity contribution in [3.63, 3.8) is 0 Å². The van der Waals surface area contributed by atoms with Crippen molar-refractivity contribution < 1.29 is 0 Å². The molecule has 1 aliphatic carbocycles. The number of anilines is 3. The number of aromatic nitrogens is 1. The molecule has 0 atom stereocenters. The van der Waals surface area contributed by atoms with E-state index in [9.17, 15) is 0 Å². The van der Waals surface area contributed by atoms with Gasteiger partial charge >= 0.3 is 0 Å². The van der Waals surface area contributed by atoms with Gasteiger partial charge in [0.1, 0.15) is 0 Å². The molecular weight excluding hydrogens is 761 g/mol. The SMILES string of the molecule is c1ccc(-c2cccc(N(c3cccc(-c4ccc5c6ccccc6n(-c6ccccc6)c5c4)c3)c3ccc4c(c3)C(c3ccccc3)(c3ccccc3)c3ccccc3-4)c2)cc1. The predicted molar refractivity (Wildman–Crippen MR) is 264 cm³/mol. The van der Waals surface area contributed by atoms with Crippen LogP contribution in [0.4, 0.5) is 17.1 Å². The number of hydrogen-bond acceptors (Lipinski definition) is 1. The van der Waals surface area contributed by atoms with Gasteiger partial charge in [-0.2, -0.15) is 0 Å². The Balaban J connectivity index is 1.07. The molecule has 0 spiro atoms. The highest BCUT2D eigenvalue weighted by Crippen LogP contribution is 2.57. The van der Waals surface area contributed by atoms with Gasteiger partial charge in [-0.1, -0.05) is 194 Å². The number of fused-ring (bicyclic) bond motifs is 6. The average molecular weight is 803 g/mol. The second-order valence-electron chi connectivity index (χ2n) is 16.5. The van der Waals surface area contributed by atoms with E-state index in [1.165, 1.54) is 71.9 Å². The van der Waals surface area contributed by atoms with E-state index >= 15 is 0 Å². The highest BCUT2D eigenvalue weighted by atomic mass is 15.1. The summed E-state index contributed by atoms with van der Waals surface area (Å²) in [4.78, 5) is 2.44. The Morgan fingerprint density at radius 2 is 0.810 bits per heavy atom. The lowest BCUT2D eigenvalue weighted by molar-refractivity contribution is 0.768. The normalized spacial score (nSPS) is 12.6. The van der Waals surface area contributed by atoms with E-state index in [-0.39, 0.29) is 0 Å².